The van der Waals surface area contributed by atoms with Gasteiger partial charge in [-0.25, -0.2) is 8.78 Å². The highest BCUT2D eigenvalue weighted by atomic mass is 19.3. The third kappa shape index (κ3) is 3.12. The second-order valence-electron chi connectivity index (χ2n) is 2.94. The van der Waals surface area contributed by atoms with Gasteiger partial charge in [-0.05, 0) is 12.0 Å². The summed E-state index contributed by atoms with van der Waals surface area (Å²) < 4.78 is 24.5. The summed E-state index contributed by atoms with van der Waals surface area (Å²) in [5.41, 5.74) is 0.568. The van der Waals surface area contributed by atoms with Crippen molar-refractivity contribution in [1.82, 2.24) is 0 Å². The molecule has 14 heavy (non-hydrogen) atoms. The minimum atomic E-state index is -2.50. The van der Waals surface area contributed by atoms with Crippen molar-refractivity contribution in [3.05, 3.63) is 35.4 Å². The number of alkyl halides is 2. The van der Waals surface area contributed by atoms with Crippen molar-refractivity contribution in [3.8, 4) is 0 Å². The highest BCUT2D eigenvalue weighted by Gasteiger charge is 2.07. The SMILES string of the molecule is O=C(O)CCc1cccc(C(F)F)c1. The highest BCUT2D eigenvalue weighted by Crippen LogP contribution is 2.19. The van der Waals surface area contributed by atoms with Crippen LogP contribution in [0.4, 0.5) is 8.78 Å². The lowest BCUT2D eigenvalue weighted by molar-refractivity contribution is -0.136. The largest absolute Gasteiger partial charge is 0.481 e. The Labute approximate surface area is 80.2 Å². The highest BCUT2D eigenvalue weighted by molar-refractivity contribution is 5.67. The van der Waals surface area contributed by atoms with E-state index in [4.69, 9.17) is 5.11 Å². The molecule has 0 saturated heterocycles. The molecule has 0 heterocycles. The van der Waals surface area contributed by atoms with Gasteiger partial charge in [-0.2, -0.15) is 0 Å². The number of halogens is 2. The van der Waals surface area contributed by atoms with Crippen molar-refractivity contribution in [3.63, 3.8) is 0 Å². The second-order valence-corrected chi connectivity index (χ2v) is 2.94. The molecule has 0 aliphatic carbocycles. The number of carboxylic acid groups (broad SMARTS) is 1. The van der Waals surface area contributed by atoms with Crippen molar-refractivity contribution in [2.45, 2.75) is 19.3 Å². The summed E-state index contributed by atoms with van der Waals surface area (Å²) in [5, 5.41) is 8.41. The summed E-state index contributed by atoms with van der Waals surface area (Å²) in [6, 6.07) is 5.83. The number of rotatable bonds is 4. The molecule has 0 amide bonds. The molecule has 4 heteroatoms. The number of carboxylic acids is 1. The minimum Gasteiger partial charge on any atom is -0.481 e. The first-order valence-electron chi connectivity index (χ1n) is 4.18. The van der Waals surface area contributed by atoms with Gasteiger partial charge in [-0.1, -0.05) is 24.3 Å². The lowest BCUT2D eigenvalue weighted by atomic mass is 10.1. The maximum Gasteiger partial charge on any atom is 0.303 e. The molecule has 1 aromatic rings. The molecule has 0 aromatic heterocycles. The fourth-order valence-corrected chi connectivity index (χ4v) is 1.14. The number of aryl methyl sites for hydroxylation is 1. The van der Waals surface area contributed by atoms with Gasteiger partial charge in [0.25, 0.3) is 6.43 Å². The molecule has 0 aliphatic heterocycles. The summed E-state index contributed by atoms with van der Waals surface area (Å²) in [6.45, 7) is 0. The van der Waals surface area contributed by atoms with Crippen LogP contribution in [-0.2, 0) is 11.2 Å². The van der Waals surface area contributed by atoms with Crippen molar-refractivity contribution in [1.29, 1.82) is 0 Å². The quantitative estimate of drug-likeness (QED) is 0.811. The van der Waals surface area contributed by atoms with E-state index < -0.39 is 12.4 Å². The lowest BCUT2D eigenvalue weighted by Crippen LogP contribution is -1.98. The Balaban J connectivity index is 2.68. The Morgan fingerprint density at radius 2 is 2.14 bits per heavy atom. The first-order chi connectivity index (χ1) is 6.59. The number of benzene rings is 1. The Kier molecular flexibility index (Phi) is 3.56. The van der Waals surface area contributed by atoms with E-state index in [9.17, 15) is 13.6 Å². The maximum atomic E-state index is 12.2. The fraction of sp³-hybridized carbons (Fsp3) is 0.300. The molecular weight excluding hydrogens is 190 g/mol. The normalized spacial score (nSPS) is 10.5. The van der Waals surface area contributed by atoms with Crippen molar-refractivity contribution >= 4 is 5.97 Å². The molecule has 0 aliphatic rings. The summed E-state index contributed by atoms with van der Waals surface area (Å²) in [6.07, 6.45) is -2.25. The summed E-state index contributed by atoms with van der Waals surface area (Å²) in [5.74, 6) is -0.924. The molecule has 0 bridgehead atoms. The molecule has 1 rings (SSSR count). The molecule has 0 radical (unpaired) electrons. The molecule has 0 unspecified atom stereocenters. The Morgan fingerprint density at radius 1 is 1.43 bits per heavy atom. The Morgan fingerprint density at radius 3 is 2.71 bits per heavy atom. The summed E-state index contributed by atoms with van der Waals surface area (Å²) >= 11 is 0. The monoisotopic (exact) mass is 200 g/mol. The van der Waals surface area contributed by atoms with Gasteiger partial charge in [0.15, 0.2) is 0 Å². The Hall–Kier alpha value is -1.45. The van der Waals surface area contributed by atoms with Crippen LogP contribution in [0.2, 0.25) is 0 Å². The minimum absolute atomic E-state index is 0.0350. The summed E-state index contributed by atoms with van der Waals surface area (Å²) in [4.78, 5) is 10.2. The van der Waals surface area contributed by atoms with Crippen LogP contribution in [0, 0.1) is 0 Å². The lowest BCUT2D eigenvalue weighted by Gasteiger charge is -2.02. The third-order valence-corrected chi connectivity index (χ3v) is 1.83. The first kappa shape index (κ1) is 10.6. The van der Waals surface area contributed by atoms with Crippen LogP contribution in [0.5, 0.6) is 0 Å². The number of aliphatic carboxylic acids is 1. The van der Waals surface area contributed by atoms with E-state index in [0.29, 0.717) is 5.56 Å². The average Bonchev–Trinajstić information content (AvgIpc) is 2.15. The molecule has 0 atom stereocenters. The van der Waals surface area contributed by atoms with Crippen LogP contribution in [0.25, 0.3) is 0 Å². The van der Waals surface area contributed by atoms with E-state index in [1.54, 1.807) is 6.07 Å². The average molecular weight is 200 g/mol. The van der Waals surface area contributed by atoms with Crippen LogP contribution in [-0.4, -0.2) is 11.1 Å². The van der Waals surface area contributed by atoms with Crippen LogP contribution < -0.4 is 0 Å². The molecular formula is C10H10F2O2. The van der Waals surface area contributed by atoms with Gasteiger partial charge >= 0.3 is 5.97 Å². The fourth-order valence-electron chi connectivity index (χ4n) is 1.14. The maximum absolute atomic E-state index is 12.2. The topological polar surface area (TPSA) is 37.3 Å². The molecule has 0 fully saturated rings. The van der Waals surface area contributed by atoms with E-state index in [1.807, 2.05) is 0 Å². The van der Waals surface area contributed by atoms with Gasteiger partial charge in [0.1, 0.15) is 0 Å². The zero-order valence-corrected chi connectivity index (χ0v) is 7.41. The zero-order valence-electron chi connectivity index (χ0n) is 7.41. The summed E-state index contributed by atoms with van der Waals surface area (Å²) in [7, 11) is 0. The van der Waals surface area contributed by atoms with E-state index in [1.165, 1.54) is 18.2 Å². The number of carbonyl (C=O) groups is 1. The molecule has 1 aromatic carbocycles. The standard InChI is InChI=1S/C10H10F2O2/c11-10(12)8-3-1-2-7(6-8)4-5-9(13)14/h1-3,6,10H,4-5H2,(H,13,14). The van der Waals surface area contributed by atoms with Gasteiger partial charge in [-0.3, -0.25) is 4.79 Å². The van der Waals surface area contributed by atoms with Crippen LogP contribution >= 0.6 is 0 Å². The van der Waals surface area contributed by atoms with E-state index in [2.05, 4.69) is 0 Å². The predicted octanol–water partition coefficient (Wildman–Crippen LogP) is 2.64. The van der Waals surface area contributed by atoms with Gasteiger partial charge in [0, 0.05) is 12.0 Å². The predicted molar refractivity (Wildman–Crippen MR) is 47.4 cm³/mol. The van der Waals surface area contributed by atoms with Gasteiger partial charge in [0.2, 0.25) is 0 Å². The van der Waals surface area contributed by atoms with E-state index in [-0.39, 0.29) is 18.4 Å². The van der Waals surface area contributed by atoms with Crippen molar-refractivity contribution < 1.29 is 18.7 Å². The van der Waals surface area contributed by atoms with Crippen LogP contribution in [0.15, 0.2) is 24.3 Å². The zero-order chi connectivity index (χ0) is 10.6. The van der Waals surface area contributed by atoms with E-state index >= 15 is 0 Å². The van der Waals surface area contributed by atoms with Crippen LogP contribution in [0.3, 0.4) is 0 Å². The Bertz CT molecular complexity index is 324. The van der Waals surface area contributed by atoms with Gasteiger partial charge in [-0.15, -0.1) is 0 Å². The van der Waals surface area contributed by atoms with Crippen molar-refractivity contribution in [2.24, 2.45) is 0 Å². The third-order valence-electron chi connectivity index (χ3n) is 1.83. The first-order valence-corrected chi connectivity index (χ1v) is 4.18. The smallest absolute Gasteiger partial charge is 0.303 e. The van der Waals surface area contributed by atoms with Crippen molar-refractivity contribution in [2.75, 3.05) is 0 Å². The second kappa shape index (κ2) is 4.69. The molecule has 2 nitrogen and oxygen atoms in total. The number of hydrogen-bond donors (Lipinski definition) is 1. The van der Waals surface area contributed by atoms with E-state index in [0.717, 1.165) is 0 Å². The van der Waals surface area contributed by atoms with Gasteiger partial charge in [0.05, 0.1) is 0 Å². The molecule has 0 saturated carbocycles. The van der Waals surface area contributed by atoms with Crippen LogP contribution in [0.1, 0.15) is 24.0 Å². The molecule has 1 N–H and O–H groups in total. The molecule has 76 valence electrons. The number of hydrogen-bond acceptors (Lipinski definition) is 1. The van der Waals surface area contributed by atoms with Gasteiger partial charge < -0.3 is 5.11 Å². The molecule has 0 spiro atoms.